The van der Waals surface area contributed by atoms with E-state index in [9.17, 15) is 13.6 Å². The molecule has 1 atom stereocenters. The van der Waals surface area contributed by atoms with Gasteiger partial charge in [-0.15, -0.1) is 0 Å². The minimum Gasteiger partial charge on any atom is -0.481 e. The van der Waals surface area contributed by atoms with Crippen molar-refractivity contribution in [3.05, 3.63) is 102 Å². The number of ether oxygens (including phenoxy) is 1. The molecule has 0 aliphatic heterocycles. The van der Waals surface area contributed by atoms with E-state index in [4.69, 9.17) is 4.74 Å². The van der Waals surface area contributed by atoms with Gasteiger partial charge in [-0.25, -0.2) is 8.78 Å². The van der Waals surface area contributed by atoms with E-state index in [0.29, 0.717) is 0 Å². The average Bonchev–Trinajstić information content (AvgIpc) is 2.69. The third kappa shape index (κ3) is 4.50. The zero-order chi connectivity index (χ0) is 19.2. The van der Waals surface area contributed by atoms with Crippen molar-refractivity contribution in [3.63, 3.8) is 0 Å². The molecule has 3 aromatic rings. The van der Waals surface area contributed by atoms with Gasteiger partial charge in [0.1, 0.15) is 5.82 Å². The van der Waals surface area contributed by atoms with Crippen LogP contribution in [0.5, 0.6) is 5.75 Å². The molecule has 0 saturated heterocycles. The first kappa shape index (κ1) is 18.6. The first-order valence-corrected chi connectivity index (χ1v) is 8.49. The predicted molar refractivity (Wildman–Crippen MR) is 99.4 cm³/mol. The second kappa shape index (κ2) is 8.45. The van der Waals surface area contributed by atoms with Gasteiger partial charge < -0.3 is 9.64 Å². The van der Waals surface area contributed by atoms with Crippen LogP contribution in [0.2, 0.25) is 0 Å². The molecule has 0 aliphatic carbocycles. The van der Waals surface area contributed by atoms with Crippen LogP contribution in [0.15, 0.2) is 78.9 Å². The Kier molecular flexibility index (Phi) is 5.81. The lowest BCUT2D eigenvalue weighted by Crippen LogP contribution is -2.35. The lowest BCUT2D eigenvalue weighted by Gasteiger charge is -2.29. The van der Waals surface area contributed by atoms with Gasteiger partial charge in [-0.1, -0.05) is 54.6 Å². The van der Waals surface area contributed by atoms with Crippen LogP contribution in [0.3, 0.4) is 0 Å². The van der Waals surface area contributed by atoms with Crippen LogP contribution in [0.25, 0.3) is 0 Å². The number of carbonyl (C=O) groups is 1. The van der Waals surface area contributed by atoms with Crippen molar-refractivity contribution in [2.45, 2.75) is 6.04 Å². The monoisotopic (exact) mass is 367 g/mol. The van der Waals surface area contributed by atoms with Crippen LogP contribution in [0.4, 0.5) is 8.78 Å². The van der Waals surface area contributed by atoms with Gasteiger partial charge in [0.25, 0.3) is 5.91 Å². The van der Waals surface area contributed by atoms with Crippen molar-refractivity contribution in [2.24, 2.45) is 0 Å². The van der Waals surface area contributed by atoms with Crippen molar-refractivity contribution in [1.82, 2.24) is 4.90 Å². The maximum absolute atomic E-state index is 13.7. The lowest BCUT2D eigenvalue weighted by molar-refractivity contribution is -0.133. The second-order valence-electron chi connectivity index (χ2n) is 6.09. The molecule has 138 valence electrons. The first-order valence-electron chi connectivity index (χ1n) is 8.49. The summed E-state index contributed by atoms with van der Waals surface area (Å²) in [6, 6.07) is 21.0. The van der Waals surface area contributed by atoms with Gasteiger partial charge in [0.05, 0.1) is 6.04 Å². The topological polar surface area (TPSA) is 29.5 Å². The van der Waals surface area contributed by atoms with Crippen molar-refractivity contribution in [3.8, 4) is 5.75 Å². The number of amides is 1. The van der Waals surface area contributed by atoms with Crippen molar-refractivity contribution in [2.75, 3.05) is 13.7 Å². The van der Waals surface area contributed by atoms with Crippen molar-refractivity contribution < 1.29 is 18.3 Å². The van der Waals surface area contributed by atoms with Crippen molar-refractivity contribution >= 4 is 5.91 Å². The molecule has 0 heterocycles. The Labute approximate surface area is 156 Å². The number of benzene rings is 3. The molecule has 0 N–H and O–H groups in total. The van der Waals surface area contributed by atoms with Gasteiger partial charge in [0.15, 0.2) is 18.2 Å². The molecule has 1 unspecified atom stereocenters. The minimum absolute atomic E-state index is 0.0253. The van der Waals surface area contributed by atoms with E-state index in [1.54, 1.807) is 31.3 Å². The highest BCUT2D eigenvalue weighted by Gasteiger charge is 2.24. The normalized spacial score (nSPS) is 11.7. The summed E-state index contributed by atoms with van der Waals surface area (Å²) < 4.78 is 32.3. The number of rotatable bonds is 6. The van der Waals surface area contributed by atoms with E-state index < -0.39 is 11.9 Å². The number of nitrogens with zero attached hydrogens (tertiary/aromatic N) is 1. The Morgan fingerprint density at radius 3 is 2.15 bits per heavy atom. The molecule has 0 fully saturated rings. The summed E-state index contributed by atoms with van der Waals surface area (Å²) >= 11 is 0. The summed E-state index contributed by atoms with van der Waals surface area (Å²) in [6.07, 6.45) is 0. The SMILES string of the molecule is CN(C(=O)COc1ccccc1F)C(c1ccccc1)c1ccc(F)cc1. The van der Waals surface area contributed by atoms with E-state index in [1.165, 1.54) is 29.2 Å². The fourth-order valence-electron chi connectivity index (χ4n) is 2.87. The molecule has 1 amide bonds. The molecule has 27 heavy (non-hydrogen) atoms. The van der Waals surface area contributed by atoms with Gasteiger partial charge in [0, 0.05) is 7.05 Å². The molecule has 5 heteroatoms. The summed E-state index contributed by atoms with van der Waals surface area (Å²) in [5.41, 5.74) is 1.65. The van der Waals surface area contributed by atoms with Crippen LogP contribution in [0, 0.1) is 11.6 Å². The van der Waals surface area contributed by atoms with E-state index in [1.807, 2.05) is 30.3 Å². The number of hydrogen-bond donors (Lipinski definition) is 0. The highest BCUT2D eigenvalue weighted by atomic mass is 19.1. The molecule has 0 bridgehead atoms. The highest BCUT2D eigenvalue weighted by Crippen LogP contribution is 2.28. The third-order valence-electron chi connectivity index (χ3n) is 4.27. The smallest absolute Gasteiger partial charge is 0.261 e. The third-order valence-corrected chi connectivity index (χ3v) is 4.27. The zero-order valence-electron chi connectivity index (χ0n) is 14.8. The summed E-state index contributed by atoms with van der Waals surface area (Å²) in [5, 5.41) is 0. The Balaban J connectivity index is 1.82. The Morgan fingerprint density at radius 1 is 0.889 bits per heavy atom. The predicted octanol–water partition coefficient (Wildman–Crippen LogP) is 4.59. The highest BCUT2D eigenvalue weighted by molar-refractivity contribution is 5.78. The largest absolute Gasteiger partial charge is 0.481 e. The van der Waals surface area contributed by atoms with E-state index in [0.717, 1.165) is 11.1 Å². The second-order valence-corrected chi connectivity index (χ2v) is 6.09. The fourth-order valence-corrected chi connectivity index (χ4v) is 2.87. The molecule has 0 aliphatic rings. The van der Waals surface area contributed by atoms with Crippen LogP contribution >= 0.6 is 0 Å². The molecule has 0 radical (unpaired) electrons. The molecular formula is C22H19F2NO2. The first-order chi connectivity index (χ1) is 13.1. The quantitative estimate of drug-likeness (QED) is 0.638. The van der Waals surface area contributed by atoms with E-state index in [2.05, 4.69) is 0 Å². The van der Waals surface area contributed by atoms with Crippen LogP contribution in [-0.2, 0) is 4.79 Å². The zero-order valence-corrected chi connectivity index (χ0v) is 14.8. The number of carbonyl (C=O) groups excluding carboxylic acids is 1. The van der Waals surface area contributed by atoms with Gasteiger partial charge in [0.2, 0.25) is 0 Å². The van der Waals surface area contributed by atoms with Crippen LogP contribution in [0.1, 0.15) is 17.2 Å². The molecule has 0 saturated carbocycles. The summed E-state index contributed by atoms with van der Waals surface area (Å²) in [6.45, 7) is -0.304. The Bertz CT molecular complexity index is 898. The fraction of sp³-hybridized carbons (Fsp3) is 0.136. The number of hydrogen-bond acceptors (Lipinski definition) is 2. The van der Waals surface area contributed by atoms with E-state index >= 15 is 0 Å². The van der Waals surface area contributed by atoms with Gasteiger partial charge in [-0.2, -0.15) is 0 Å². The number of halogens is 2. The number of para-hydroxylation sites is 1. The van der Waals surface area contributed by atoms with E-state index in [-0.39, 0.29) is 24.1 Å². The number of likely N-dealkylation sites (N-methyl/N-ethyl adjacent to an activating group) is 1. The molecule has 3 aromatic carbocycles. The standard InChI is InChI=1S/C22H19F2NO2/c1-25(21(26)15-27-20-10-6-5-9-19(20)24)22(16-7-3-2-4-8-16)17-11-13-18(23)14-12-17/h2-14,22H,15H2,1H3. The lowest BCUT2D eigenvalue weighted by atomic mass is 9.97. The minimum atomic E-state index is -0.522. The summed E-state index contributed by atoms with van der Waals surface area (Å²) in [7, 11) is 1.65. The Morgan fingerprint density at radius 2 is 1.48 bits per heavy atom. The molecular weight excluding hydrogens is 348 g/mol. The summed E-state index contributed by atoms with van der Waals surface area (Å²) in [5.74, 6) is -1.16. The maximum Gasteiger partial charge on any atom is 0.261 e. The van der Waals surface area contributed by atoms with Gasteiger partial charge in [-0.3, -0.25) is 4.79 Å². The molecule has 3 nitrogen and oxygen atoms in total. The Hall–Kier alpha value is -3.21. The van der Waals surface area contributed by atoms with Gasteiger partial charge >= 0.3 is 0 Å². The maximum atomic E-state index is 13.7. The van der Waals surface area contributed by atoms with Crippen molar-refractivity contribution in [1.29, 1.82) is 0 Å². The van der Waals surface area contributed by atoms with Gasteiger partial charge in [-0.05, 0) is 35.4 Å². The molecule has 3 rings (SSSR count). The average molecular weight is 367 g/mol. The van der Waals surface area contributed by atoms with Crippen LogP contribution in [-0.4, -0.2) is 24.5 Å². The molecule has 0 spiro atoms. The molecule has 0 aromatic heterocycles. The summed E-state index contributed by atoms with van der Waals surface area (Å²) in [4.78, 5) is 14.2. The van der Waals surface area contributed by atoms with Crippen LogP contribution < -0.4 is 4.74 Å².